The van der Waals surface area contributed by atoms with Gasteiger partial charge in [0, 0.05) is 20.6 Å². The van der Waals surface area contributed by atoms with E-state index in [1.807, 2.05) is 0 Å². The van der Waals surface area contributed by atoms with E-state index in [4.69, 9.17) is 11.6 Å². The zero-order chi connectivity index (χ0) is 22.6. The minimum atomic E-state index is -3.91. The normalized spacial score (nSPS) is 12.2. The summed E-state index contributed by atoms with van der Waals surface area (Å²) in [7, 11) is -3.91. The molecule has 31 heavy (non-hydrogen) atoms. The summed E-state index contributed by atoms with van der Waals surface area (Å²) in [5.41, 5.74) is 0.872. The number of sulfonamides is 1. The van der Waals surface area contributed by atoms with Crippen LogP contribution in [-0.4, -0.2) is 26.2 Å². The number of nitrogens with one attached hydrogen (secondary N) is 2. The molecule has 1 amide bonds. The van der Waals surface area contributed by atoms with E-state index in [1.54, 1.807) is 42.5 Å². The molecule has 0 aliphatic rings. The van der Waals surface area contributed by atoms with Crippen molar-refractivity contribution < 1.29 is 18.0 Å². The molecule has 0 fully saturated rings. The number of rotatable bonds is 7. The Morgan fingerprint density at radius 1 is 0.968 bits per heavy atom. The van der Waals surface area contributed by atoms with Crippen molar-refractivity contribution in [2.45, 2.75) is 17.9 Å². The van der Waals surface area contributed by atoms with Gasteiger partial charge in [-0.3, -0.25) is 9.59 Å². The smallest absolute Gasteiger partial charge is 0.242 e. The molecule has 2 N–H and O–H groups in total. The highest BCUT2D eigenvalue weighted by atomic mass is 79.9. The number of carbonyl (C=O) groups is 2. The van der Waals surface area contributed by atoms with Crippen LogP contribution in [0.5, 0.6) is 0 Å². The molecule has 0 spiro atoms. The largest absolute Gasteiger partial charge is 0.324 e. The van der Waals surface area contributed by atoms with E-state index in [2.05, 4.69) is 26.0 Å². The van der Waals surface area contributed by atoms with E-state index in [1.165, 1.54) is 37.3 Å². The third-order valence-electron chi connectivity index (χ3n) is 4.37. The highest BCUT2D eigenvalue weighted by Gasteiger charge is 2.24. The number of ketones is 1. The van der Waals surface area contributed by atoms with Crippen molar-refractivity contribution in [1.29, 1.82) is 0 Å². The third kappa shape index (κ3) is 5.80. The van der Waals surface area contributed by atoms with Gasteiger partial charge < -0.3 is 5.32 Å². The Hall–Kier alpha value is -2.52. The van der Waals surface area contributed by atoms with E-state index in [9.17, 15) is 18.0 Å². The molecule has 0 heterocycles. The maximum atomic E-state index is 12.9. The average molecular weight is 522 g/mol. The first kappa shape index (κ1) is 23.1. The molecule has 1 atom stereocenters. The lowest BCUT2D eigenvalue weighted by molar-refractivity contribution is -0.117. The van der Waals surface area contributed by atoms with Gasteiger partial charge in [0.15, 0.2) is 5.78 Å². The van der Waals surface area contributed by atoms with Crippen LogP contribution in [0.1, 0.15) is 22.8 Å². The molecule has 0 radical (unpaired) electrons. The predicted octanol–water partition coefficient (Wildman–Crippen LogP) is 4.64. The Labute approximate surface area is 193 Å². The van der Waals surface area contributed by atoms with Crippen molar-refractivity contribution in [3.8, 4) is 0 Å². The second-order valence-electron chi connectivity index (χ2n) is 6.67. The van der Waals surface area contributed by atoms with Crippen LogP contribution in [0.4, 0.5) is 5.69 Å². The van der Waals surface area contributed by atoms with Gasteiger partial charge in [-0.2, -0.15) is 4.72 Å². The summed E-state index contributed by atoms with van der Waals surface area (Å²) in [5.74, 6) is -0.938. The molecule has 0 aliphatic carbocycles. The topological polar surface area (TPSA) is 92.3 Å². The molecule has 6 nitrogen and oxygen atoms in total. The first-order valence-electron chi connectivity index (χ1n) is 9.15. The van der Waals surface area contributed by atoms with Crippen molar-refractivity contribution in [2.75, 3.05) is 5.32 Å². The number of anilines is 1. The van der Waals surface area contributed by atoms with Gasteiger partial charge in [0.25, 0.3) is 0 Å². The highest BCUT2D eigenvalue weighted by molar-refractivity contribution is 9.10. The van der Waals surface area contributed by atoms with Gasteiger partial charge in [-0.1, -0.05) is 57.9 Å². The van der Waals surface area contributed by atoms with E-state index in [0.29, 0.717) is 10.6 Å². The van der Waals surface area contributed by atoms with Crippen LogP contribution in [0, 0.1) is 0 Å². The van der Waals surface area contributed by atoms with Crippen molar-refractivity contribution in [1.82, 2.24) is 4.72 Å². The zero-order valence-corrected chi connectivity index (χ0v) is 19.5. The van der Waals surface area contributed by atoms with Crippen LogP contribution in [0.2, 0.25) is 5.02 Å². The fourth-order valence-electron chi connectivity index (χ4n) is 2.77. The van der Waals surface area contributed by atoms with Crippen LogP contribution < -0.4 is 10.0 Å². The monoisotopic (exact) mass is 520 g/mol. The molecule has 3 aromatic rings. The SMILES string of the molecule is C[C@@H](NS(=O)(=O)c1ccc(Br)cc1)C(=O)Nc1ccc(Cl)cc1C(=O)c1ccccc1. The molecule has 3 rings (SSSR count). The van der Waals surface area contributed by atoms with Gasteiger partial charge in [0.1, 0.15) is 0 Å². The van der Waals surface area contributed by atoms with Gasteiger partial charge in [-0.15, -0.1) is 0 Å². The molecule has 0 bridgehead atoms. The summed E-state index contributed by atoms with van der Waals surface area (Å²) >= 11 is 9.30. The van der Waals surface area contributed by atoms with Crippen LogP contribution in [-0.2, 0) is 14.8 Å². The van der Waals surface area contributed by atoms with Gasteiger partial charge >= 0.3 is 0 Å². The Bertz CT molecular complexity index is 1220. The summed E-state index contributed by atoms with van der Waals surface area (Å²) in [6.07, 6.45) is 0. The van der Waals surface area contributed by atoms with Crippen molar-refractivity contribution in [3.05, 3.63) is 93.4 Å². The molecular formula is C22H18BrClN2O4S. The number of benzene rings is 3. The van der Waals surface area contributed by atoms with E-state index < -0.39 is 22.0 Å². The summed E-state index contributed by atoms with van der Waals surface area (Å²) in [4.78, 5) is 25.6. The van der Waals surface area contributed by atoms with Crippen molar-refractivity contribution in [2.24, 2.45) is 0 Å². The third-order valence-corrected chi connectivity index (χ3v) is 6.69. The summed E-state index contributed by atoms with van der Waals surface area (Å²) < 4.78 is 28.1. The fourth-order valence-corrected chi connectivity index (χ4v) is 4.41. The average Bonchev–Trinajstić information content (AvgIpc) is 2.75. The molecule has 0 saturated heterocycles. The molecular weight excluding hydrogens is 504 g/mol. The van der Waals surface area contributed by atoms with E-state index >= 15 is 0 Å². The lowest BCUT2D eigenvalue weighted by Crippen LogP contribution is -2.41. The maximum absolute atomic E-state index is 12.9. The standard InChI is InChI=1S/C22H18BrClN2O4S/c1-14(26-31(29,30)18-10-7-16(23)8-11-18)22(28)25-20-12-9-17(24)13-19(20)21(27)15-5-3-2-4-6-15/h2-14,26H,1H3,(H,25,28)/t14-/m1/s1. The van der Waals surface area contributed by atoms with Gasteiger partial charge in [0.05, 0.1) is 16.6 Å². The summed E-state index contributed by atoms with van der Waals surface area (Å²) in [6, 6.07) is 18.0. The number of halogens is 2. The Morgan fingerprint density at radius 3 is 2.26 bits per heavy atom. The molecule has 160 valence electrons. The second kappa shape index (κ2) is 9.74. The van der Waals surface area contributed by atoms with E-state index in [-0.39, 0.29) is 21.9 Å². The first-order chi connectivity index (χ1) is 14.7. The molecule has 0 unspecified atom stereocenters. The lowest BCUT2D eigenvalue weighted by Gasteiger charge is -2.16. The van der Waals surface area contributed by atoms with Crippen LogP contribution in [0.25, 0.3) is 0 Å². The molecule has 3 aromatic carbocycles. The molecule has 9 heteroatoms. The van der Waals surface area contributed by atoms with Gasteiger partial charge in [-0.05, 0) is 49.4 Å². The quantitative estimate of drug-likeness (QED) is 0.443. The molecule has 0 aliphatic heterocycles. The lowest BCUT2D eigenvalue weighted by atomic mass is 10.0. The maximum Gasteiger partial charge on any atom is 0.242 e. The number of hydrogen-bond donors (Lipinski definition) is 2. The van der Waals surface area contributed by atoms with Crippen molar-refractivity contribution in [3.63, 3.8) is 0 Å². The summed E-state index contributed by atoms with van der Waals surface area (Å²) in [5, 5.41) is 2.95. The highest BCUT2D eigenvalue weighted by Crippen LogP contribution is 2.24. The number of amides is 1. The fraction of sp³-hybridized carbons (Fsp3) is 0.0909. The van der Waals surface area contributed by atoms with Gasteiger partial charge in [0.2, 0.25) is 15.9 Å². The van der Waals surface area contributed by atoms with Crippen LogP contribution in [0.3, 0.4) is 0 Å². The Morgan fingerprint density at radius 2 is 1.61 bits per heavy atom. The minimum Gasteiger partial charge on any atom is -0.324 e. The molecule has 0 saturated carbocycles. The number of carbonyl (C=O) groups excluding carboxylic acids is 2. The van der Waals surface area contributed by atoms with Crippen molar-refractivity contribution >= 4 is 54.9 Å². The Kier molecular flexibility index (Phi) is 7.27. The van der Waals surface area contributed by atoms with Crippen LogP contribution >= 0.6 is 27.5 Å². The Balaban J connectivity index is 1.80. The zero-order valence-electron chi connectivity index (χ0n) is 16.3. The minimum absolute atomic E-state index is 0.0294. The second-order valence-corrected chi connectivity index (χ2v) is 9.74. The summed E-state index contributed by atoms with van der Waals surface area (Å²) in [6.45, 7) is 1.42. The predicted molar refractivity (Wildman–Crippen MR) is 124 cm³/mol. The first-order valence-corrected chi connectivity index (χ1v) is 11.8. The number of hydrogen-bond acceptors (Lipinski definition) is 4. The van der Waals surface area contributed by atoms with Gasteiger partial charge in [-0.25, -0.2) is 8.42 Å². The van der Waals surface area contributed by atoms with Crippen LogP contribution in [0.15, 0.2) is 82.2 Å². The van der Waals surface area contributed by atoms with E-state index in [0.717, 1.165) is 4.47 Å². The molecule has 0 aromatic heterocycles.